The number of halogens is 6. The van der Waals surface area contributed by atoms with Crippen LogP contribution in [-0.2, 0) is 12.4 Å². The van der Waals surface area contributed by atoms with Gasteiger partial charge >= 0.3 is 12.4 Å². The fourth-order valence-corrected chi connectivity index (χ4v) is 3.53. The van der Waals surface area contributed by atoms with Gasteiger partial charge in [0, 0.05) is 18.4 Å². The predicted molar refractivity (Wildman–Crippen MR) is 113 cm³/mol. The molecule has 1 atom stereocenters. The van der Waals surface area contributed by atoms with E-state index in [0.29, 0.717) is 13.0 Å². The molecule has 14 heteroatoms. The lowest BCUT2D eigenvalue weighted by Crippen LogP contribution is -2.59. The van der Waals surface area contributed by atoms with E-state index in [4.69, 9.17) is 0 Å². The van der Waals surface area contributed by atoms with E-state index in [0.717, 1.165) is 24.4 Å². The van der Waals surface area contributed by atoms with Gasteiger partial charge in [0.2, 0.25) is 11.9 Å². The summed E-state index contributed by atoms with van der Waals surface area (Å²) in [4.78, 5) is 21.1. The van der Waals surface area contributed by atoms with E-state index < -0.39 is 35.4 Å². The monoisotopic (exact) mass is 499 g/mol. The Morgan fingerprint density at radius 1 is 0.943 bits per heavy atom. The van der Waals surface area contributed by atoms with Crippen molar-refractivity contribution in [2.45, 2.75) is 44.3 Å². The number of anilines is 3. The van der Waals surface area contributed by atoms with Crippen molar-refractivity contribution >= 4 is 17.6 Å². The molecular formula is C21H19F6N7O. The van der Waals surface area contributed by atoms with E-state index in [1.165, 1.54) is 12.1 Å². The first-order valence-corrected chi connectivity index (χ1v) is 10.3. The molecule has 4 heterocycles. The van der Waals surface area contributed by atoms with Gasteiger partial charge in [-0.1, -0.05) is 6.07 Å². The second kappa shape index (κ2) is 8.59. The van der Waals surface area contributed by atoms with Gasteiger partial charge in [0.15, 0.2) is 5.82 Å². The van der Waals surface area contributed by atoms with Gasteiger partial charge in [0.25, 0.3) is 0 Å². The lowest BCUT2D eigenvalue weighted by molar-refractivity contribution is -0.141. The van der Waals surface area contributed by atoms with Crippen LogP contribution < -0.4 is 10.2 Å². The number of hydrogen-bond donors (Lipinski definition) is 2. The third-order valence-corrected chi connectivity index (χ3v) is 5.29. The molecule has 2 N–H and O–H groups in total. The van der Waals surface area contributed by atoms with Crippen LogP contribution in [0.4, 0.5) is 43.9 Å². The molecule has 0 bridgehead atoms. The van der Waals surface area contributed by atoms with Crippen LogP contribution in [-0.4, -0.2) is 48.2 Å². The molecule has 1 saturated heterocycles. The Kier molecular flexibility index (Phi) is 6.03. The smallest absolute Gasteiger partial charge is 0.388 e. The second-order valence-electron chi connectivity index (χ2n) is 8.39. The van der Waals surface area contributed by atoms with Gasteiger partial charge in [-0.2, -0.15) is 41.3 Å². The number of nitrogens with zero attached hydrogens (tertiary/aromatic N) is 6. The maximum Gasteiger partial charge on any atom is 0.433 e. The number of nitrogens with one attached hydrogen (secondary N) is 1. The van der Waals surface area contributed by atoms with Gasteiger partial charge in [-0.15, -0.1) is 0 Å². The van der Waals surface area contributed by atoms with Gasteiger partial charge < -0.3 is 15.3 Å². The quantitative estimate of drug-likeness (QED) is 0.497. The summed E-state index contributed by atoms with van der Waals surface area (Å²) in [5.74, 6) is -0.416. The lowest BCUT2D eigenvalue weighted by atomic mass is 9.88. The second-order valence-corrected chi connectivity index (χ2v) is 8.39. The lowest BCUT2D eigenvalue weighted by Gasteiger charge is -2.47. The summed E-state index contributed by atoms with van der Waals surface area (Å²) in [6.07, 6.45) is -7.84. The van der Waals surface area contributed by atoms with E-state index in [9.17, 15) is 31.4 Å². The summed E-state index contributed by atoms with van der Waals surface area (Å²) in [6.45, 7) is 3.63. The largest absolute Gasteiger partial charge is 0.433 e. The van der Waals surface area contributed by atoms with Crippen molar-refractivity contribution in [2.75, 3.05) is 16.8 Å². The minimum Gasteiger partial charge on any atom is -0.388 e. The fourth-order valence-electron chi connectivity index (χ4n) is 3.53. The highest BCUT2D eigenvalue weighted by Gasteiger charge is 2.41. The number of rotatable bonds is 5. The Morgan fingerprint density at radius 3 is 2.26 bits per heavy atom. The van der Waals surface area contributed by atoms with E-state index >= 15 is 0 Å². The molecule has 0 aliphatic carbocycles. The van der Waals surface area contributed by atoms with Crippen LogP contribution in [0.5, 0.6) is 0 Å². The molecule has 1 fully saturated rings. The zero-order valence-electron chi connectivity index (χ0n) is 18.4. The Bertz CT molecular complexity index is 1230. The van der Waals surface area contributed by atoms with E-state index in [1.54, 1.807) is 18.7 Å². The molecule has 3 aromatic rings. The summed E-state index contributed by atoms with van der Waals surface area (Å²) >= 11 is 0. The molecule has 0 unspecified atom stereocenters. The average Bonchev–Trinajstić information content (AvgIpc) is 2.70. The van der Waals surface area contributed by atoms with Crippen LogP contribution in [0.2, 0.25) is 0 Å². The molecule has 186 valence electrons. The zero-order valence-corrected chi connectivity index (χ0v) is 18.4. The maximum absolute atomic E-state index is 13.2. The van der Waals surface area contributed by atoms with Crippen LogP contribution in [0.3, 0.4) is 0 Å². The van der Waals surface area contributed by atoms with Crippen LogP contribution in [0.25, 0.3) is 11.5 Å². The van der Waals surface area contributed by atoms with E-state index in [-0.39, 0.29) is 29.1 Å². The molecular weight excluding hydrogens is 480 g/mol. The number of aromatic nitrogens is 5. The molecule has 0 radical (unpaired) electrons. The van der Waals surface area contributed by atoms with Crippen molar-refractivity contribution in [3.63, 3.8) is 0 Å². The van der Waals surface area contributed by atoms with E-state index in [1.807, 2.05) is 0 Å². The molecule has 3 aromatic heterocycles. The van der Waals surface area contributed by atoms with Crippen LogP contribution in [0.1, 0.15) is 31.7 Å². The Hall–Kier alpha value is -3.55. The fraction of sp³-hybridized carbons (Fsp3) is 0.381. The maximum atomic E-state index is 13.2. The van der Waals surface area contributed by atoms with E-state index in [2.05, 4.69) is 30.2 Å². The molecule has 0 spiro atoms. The Balaban J connectivity index is 1.77. The minimum absolute atomic E-state index is 0.0280. The van der Waals surface area contributed by atoms with Crippen molar-refractivity contribution < 1.29 is 31.4 Å². The average molecular weight is 499 g/mol. The zero-order chi connectivity index (χ0) is 25.6. The molecule has 0 amide bonds. The molecule has 8 nitrogen and oxygen atoms in total. The first-order valence-electron chi connectivity index (χ1n) is 10.3. The predicted octanol–water partition coefficient (Wildman–Crippen LogP) is 4.46. The summed E-state index contributed by atoms with van der Waals surface area (Å²) < 4.78 is 78.7. The first kappa shape index (κ1) is 24.6. The van der Waals surface area contributed by atoms with Gasteiger partial charge in [-0.3, -0.25) is 4.98 Å². The normalized spacial score (nSPS) is 16.7. The van der Waals surface area contributed by atoms with Gasteiger partial charge in [0.05, 0.1) is 11.6 Å². The van der Waals surface area contributed by atoms with Crippen molar-refractivity contribution in [3.8, 4) is 11.5 Å². The van der Waals surface area contributed by atoms with Gasteiger partial charge in [-0.25, -0.2) is 4.98 Å². The third kappa shape index (κ3) is 5.42. The summed E-state index contributed by atoms with van der Waals surface area (Å²) in [5.41, 5.74) is -3.71. The Labute approximate surface area is 195 Å². The number of aliphatic hydroxyl groups is 1. The third-order valence-electron chi connectivity index (χ3n) is 5.29. The molecule has 0 aromatic carbocycles. The Morgan fingerprint density at radius 2 is 1.66 bits per heavy atom. The summed E-state index contributed by atoms with van der Waals surface area (Å²) in [7, 11) is 0. The molecule has 0 saturated carbocycles. The molecule has 1 aliphatic rings. The highest BCUT2D eigenvalue weighted by atomic mass is 19.4. The first-order chi connectivity index (χ1) is 16.2. The van der Waals surface area contributed by atoms with Crippen molar-refractivity contribution in [1.29, 1.82) is 0 Å². The van der Waals surface area contributed by atoms with Gasteiger partial charge in [-0.05, 0) is 44.5 Å². The SMILES string of the molecule is CC(C)(O)[C@H]1CCN1c1nc(Nc2ccnc(C(F)(F)F)c2)nc(-c2cccc(C(F)(F)F)n2)n1. The number of alkyl halides is 6. The molecule has 4 rings (SSSR count). The molecule has 35 heavy (non-hydrogen) atoms. The summed E-state index contributed by atoms with van der Waals surface area (Å²) in [5, 5.41) is 13.0. The van der Waals surface area contributed by atoms with Crippen molar-refractivity contribution in [2.24, 2.45) is 0 Å². The highest BCUT2D eigenvalue weighted by molar-refractivity contribution is 5.60. The van der Waals surface area contributed by atoms with Crippen LogP contribution in [0.15, 0.2) is 36.5 Å². The van der Waals surface area contributed by atoms with Crippen LogP contribution in [0, 0.1) is 0 Å². The summed E-state index contributed by atoms with van der Waals surface area (Å²) in [6, 6.07) is 4.82. The minimum atomic E-state index is -4.71. The van der Waals surface area contributed by atoms with Crippen molar-refractivity contribution in [3.05, 3.63) is 47.9 Å². The van der Waals surface area contributed by atoms with Crippen LogP contribution >= 0.6 is 0 Å². The molecule has 1 aliphatic heterocycles. The van der Waals surface area contributed by atoms with Crippen molar-refractivity contribution in [1.82, 2.24) is 24.9 Å². The highest BCUT2D eigenvalue weighted by Crippen LogP contribution is 2.34. The number of pyridine rings is 2. The topological polar surface area (TPSA) is 100.0 Å². The number of hydrogen-bond acceptors (Lipinski definition) is 8. The standard InChI is InChI=1S/C21H19F6N7O/c1-19(2,35)15-7-9-34(15)18-32-16(12-4-3-5-13(30-12)20(22,23)24)31-17(33-18)29-11-6-8-28-14(10-11)21(25,26)27/h3-6,8,10,15,35H,7,9H2,1-2H3,(H,28,29,31,32,33)/t15-/m1/s1. The van der Waals surface area contributed by atoms with Gasteiger partial charge in [0.1, 0.15) is 17.1 Å².